The zero-order valence-electron chi connectivity index (χ0n) is 17.1. The predicted molar refractivity (Wildman–Crippen MR) is 112 cm³/mol. The molecule has 0 radical (unpaired) electrons. The molecule has 0 bridgehead atoms. The van der Waals surface area contributed by atoms with Gasteiger partial charge in [0.2, 0.25) is 0 Å². The van der Waals surface area contributed by atoms with E-state index in [1.54, 1.807) is 0 Å². The number of hydrogen-bond acceptors (Lipinski definition) is 3. The SMILES string of the molecule is CCCN1CCC(NC(=NCc2ccccc2CN(C)C)NCC)CC1. The van der Waals surface area contributed by atoms with Gasteiger partial charge in [-0.15, -0.1) is 0 Å². The van der Waals surface area contributed by atoms with Gasteiger partial charge in [0.05, 0.1) is 6.54 Å². The summed E-state index contributed by atoms with van der Waals surface area (Å²) in [5.41, 5.74) is 2.65. The molecule has 2 N–H and O–H groups in total. The normalized spacial score (nSPS) is 16.9. The van der Waals surface area contributed by atoms with E-state index >= 15 is 0 Å². The van der Waals surface area contributed by atoms with Crippen molar-refractivity contribution in [3.8, 4) is 0 Å². The zero-order chi connectivity index (χ0) is 18.8. The molecule has 5 nitrogen and oxygen atoms in total. The lowest BCUT2D eigenvalue weighted by molar-refractivity contribution is 0.206. The molecular weight excluding hydrogens is 322 g/mol. The van der Waals surface area contributed by atoms with Crippen LogP contribution in [0.15, 0.2) is 29.3 Å². The lowest BCUT2D eigenvalue weighted by Gasteiger charge is -2.32. The van der Waals surface area contributed by atoms with Gasteiger partial charge >= 0.3 is 0 Å². The fourth-order valence-electron chi connectivity index (χ4n) is 3.50. The molecule has 1 aromatic carbocycles. The fourth-order valence-corrected chi connectivity index (χ4v) is 3.50. The highest BCUT2D eigenvalue weighted by atomic mass is 15.2. The number of hydrogen-bond donors (Lipinski definition) is 2. The van der Waals surface area contributed by atoms with Crippen molar-refractivity contribution in [1.29, 1.82) is 0 Å². The number of rotatable bonds is 8. The number of aliphatic imine (C=N–C) groups is 1. The van der Waals surface area contributed by atoms with Crippen LogP contribution in [-0.2, 0) is 13.1 Å². The van der Waals surface area contributed by atoms with Gasteiger partial charge in [-0.25, -0.2) is 4.99 Å². The molecule has 2 rings (SSSR count). The van der Waals surface area contributed by atoms with Crippen molar-refractivity contribution in [2.75, 3.05) is 40.3 Å². The molecule has 1 aromatic rings. The van der Waals surface area contributed by atoms with E-state index in [1.807, 2.05) is 0 Å². The van der Waals surface area contributed by atoms with Crippen LogP contribution in [0, 0.1) is 0 Å². The van der Waals surface area contributed by atoms with Crippen LogP contribution in [0.5, 0.6) is 0 Å². The Kier molecular flexibility index (Phi) is 8.92. The molecule has 1 fully saturated rings. The van der Waals surface area contributed by atoms with Gasteiger partial charge in [-0.1, -0.05) is 31.2 Å². The minimum Gasteiger partial charge on any atom is -0.357 e. The Balaban J connectivity index is 1.95. The number of guanidine groups is 1. The Morgan fingerprint density at radius 3 is 2.46 bits per heavy atom. The van der Waals surface area contributed by atoms with Crippen molar-refractivity contribution in [2.45, 2.75) is 52.2 Å². The maximum Gasteiger partial charge on any atom is 0.191 e. The van der Waals surface area contributed by atoms with Crippen molar-refractivity contribution >= 4 is 5.96 Å². The first-order valence-corrected chi connectivity index (χ1v) is 10.1. The van der Waals surface area contributed by atoms with E-state index < -0.39 is 0 Å². The van der Waals surface area contributed by atoms with Gasteiger partial charge in [0, 0.05) is 32.2 Å². The Morgan fingerprint density at radius 1 is 1.15 bits per heavy atom. The van der Waals surface area contributed by atoms with Crippen LogP contribution >= 0.6 is 0 Å². The molecule has 5 heteroatoms. The number of piperidine rings is 1. The van der Waals surface area contributed by atoms with Crippen LogP contribution in [-0.4, -0.2) is 62.1 Å². The van der Waals surface area contributed by atoms with Crippen molar-refractivity contribution < 1.29 is 0 Å². The molecule has 1 aliphatic rings. The average molecular weight is 360 g/mol. The van der Waals surface area contributed by atoms with E-state index in [0.717, 1.165) is 19.0 Å². The second-order valence-corrected chi connectivity index (χ2v) is 7.46. The predicted octanol–water partition coefficient (Wildman–Crippen LogP) is 2.68. The number of benzene rings is 1. The van der Waals surface area contributed by atoms with Crippen LogP contribution in [0.3, 0.4) is 0 Å². The van der Waals surface area contributed by atoms with Crippen LogP contribution in [0.2, 0.25) is 0 Å². The Bertz CT molecular complexity index is 547. The fraction of sp³-hybridized carbons (Fsp3) is 0.667. The topological polar surface area (TPSA) is 42.9 Å². The molecule has 1 aliphatic heterocycles. The van der Waals surface area contributed by atoms with Crippen LogP contribution in [0.4, 0.5) is 0 Å². The Morgan fingerprint density at radius 2 is 1.85 bits per heavy atom. The molecule has 26 heavy (non-hydrogen) atoms. The van der Waals surface area contributed by atoms with Crippen LogP contribution in [0.1, 0.15) is 44.2 Å². The molecule has 146 valence electrons. The monoisotopic (exact) mass is 359 g/mol. The van der Waals surface area contributed by atoms with E-state index in [9.17, 15) is 0 Å². The first-order chi connectivity index (χ1) is 12.6. The summed E-state index contributed by atoms with van der Waals surface area (Å²) in [5.74, 6) is 0.945. The van der Waals surface area contributed by atoms with Crippen LogP contribution in [0.25, 0.3) is 0 Å². The molecule has 1 heterocycles. The summed E-state index contributed by atoms with van der Waals surface area (Å²) in [6.07, 6.45) is 3.64. The highest BCUT2D eigenvalue weighted by Crippen LogP contribution is 2.13. The number of nitrogens with zero attached hydrogens (tertiary/aromatic N) is 3. The Labute approximate surface area is 159 Å². The molecule has 0 unspecified atom stereocenters. The van der Waals surface area contributed by atoms with E-state index in [1.165, 1.54) is 50.0 Å². The average Bonchev–Trinajstić information content (AvgIpc) is 2.62. The van der Waals surface area contributed by atoms with E-state index in [4.69, 9.17) is 4.99 Å². The van der Waals surface area contributed by atoms with Gasteiger partial charge in [-0.3, -0.25) is 0 Å². The first kappa shape index (κ1) is 20.7. The molecule has 0 saturated carbocycles. The third-order valence-electron chi connectivity index (χ3n) is 4.82. The molecule has 0 amide bonds. The number of nitrogens with one attached hydrogen (secondary N) is 2. The minimum absolute atomic E-state index is 0.526. The summed E-state index contributed by atoms with van der Waals surface area (Å²) in [6.45, 7) is 10.5. The van der Waals surface area contributed by atoms with E-state index in [0.29, 0.717) is 12.6 Å². The van der Waals surface area contributed by atoms with E-state index in [-0.39, 0.29) is 0 Å². The molecule has 0 atom stereocenters. The summed E-state index contributed by atoms with van der Waals surface area (Å²) in [5, 5.41) is 7.06. The van der Waals surface area contributed by atoms with E-state index in [2.05, 4.69) is 72.6 Å². The second-order valence-electron chi connectivity index (χ2n) is 7.46. The quantitative estimate of drug-likeness (QED) is 0.553. The van der Waals surface area contributed by atoms with Gasteiger partial charge in [0.1, 0.15) is 0 Å². The minimum atomic E-state index is 0.526. The second kappa shape index (κ2) is 11.2. The molecule has 0 spiro atoms. The highest BCUT2D eigenvalue weighted by Gasteiger charge is 2.19. The Hall–Kier alpha value is -1.59. The summed E-state index contributed by atoms with van der Waals surface area (Å²) in [7, 11) is 4.22. The highest BCUT2D eigenvalue weighted by molar-refractivity contribution is 5.80. The lowest BCUT2D eigenvalue weighted by atomic mass is 10.1. The van der Waals surface area contributed by atoms with Gasteiger partial charge in [0.15, 0.2) is 5.96 Å². The third kappa shape index (κ3) is 6.96. The largest absolute Gasteiger partial charge is 0.357 e. The summed E-state index contributed by atoms with van der Waals surface area (Å²) >= 11 is 0. The van der Waals surface area contributed by atoms with Gasteiger partial charge in [0.25, 0.3) is 0 Å². The maximum atomic E-state index is 4.86. The van der Waals surface area contributed by atoms with Gasteiger partial charge < -0.3 is 20.4 Å². The summed E-state index contributed by atoms with van der Waals surface area (Å²) in [4.78, 5) is 9.64. The van der Waals surface area contributed by atoms with Gasteiger partial charge in [-0.05, 0) is 58.0 Å². The maximum absolute atomic E-state index is 4.86. The molecule has 0 aromatic heterocycles. The summed E-state index contributed by atoms with van der Waals surface area (Å²) in [6, 6.07) is 9.13. The van der Waals surface area contributed by atoms with Crippen LogP contribution < -0.4 is 10.6 Å². The smallest absolute Gasteiger partial charge is 0.191 e. The lowest BCUT2D eigenvalue weighted by Crippen LogP contribution is -2.48. The number of likely N-dealkylation sites (tertiary alicyclic amines) is 1. The van der Waals surface area contributed by atoms with Crippen molar-refractivity contribution in [2.24, 2.45) is 4.99 Å². The van der Waals surface area contributed by atoms with Crippen molar-refractivity contribution in [3.63, 3.8) is 0 Å². The van der Waals surface area contributed by atoms with Gasteiger partial charge in [-0.2, -0.15) is 0 Å². The molecule has 0 aliphatic carbocycles. The first-order valence-electron chi connectivity index (χ1n) is 10.1. The zero-order valence-corrected chi connectivity index (χ0v) is 17.1. The van der Waals surface area contributed by atoms with Crippen molar-refractivity contribution in [1.82, 2.24) is 20.4 Å². The summed E-state index contributed by atoms with van der Waals surface area (Å²) < 4.78 is 0. The molecular formula is C21H37N5. The molecule has 1 saturated heterocycles. The van der Waals surface area contributed by atoms with Crippen molar-refractivity contribution in [3.05, 3.63) is 35.4 Å². The standard InChI is InChI=1S/C21H37N5/c1-5-13-26-14-11-20(12-15-26)24-21(22-6-2)23-16-18-9-7-8-10-19(18)17-25(3)4/h7-10,20H,5-6,11-17H2,1-4H3,(H2,22,23,24). The third-order valence-corrected chi connectivity index (χ3v) is 4.82.